The summed E-state index contributed by atoms with van der Waals surface area (Å²) in [6, 6.07) is 10.1. The van der Waals surface area contributed by atoms with Crippen molar-refractivity contribution < 1.29 is 14.3 Å². The summed E-state index contributed by atoms with van der Waals surface area (Å²) < 4.78 is 4.81. The third-order valence-electron chi connectivity index (χ3n) is 3.59. The average Bonchev–Trinajstić information content (AvgIpc) is 2.86. The number of hydrogen-bond acceptors (Lipinski definition) is 5. The number of carbonyl (C=O) groups is 2. The molecule has 4 nitrogen and oxygen atoms in total. The summed E-state index contributed by atoms with van der Waals surface area (Å²) in [7, 11) is 1.35. The lowest BCUT2D eigenvalue weighted by Crippen LogP contribution is -2.14. The second-order valence-corrected chi connectivity index (χ2v) is 7.69. The zero-order valence-corrected chi connectivity index (χ0v) is 15.7. The van der Waals surface area contributed by atoms with Crippen LogP contribution in [0.25, 0.3) is 0 Å². The maximum Gasteiger partial charge on any atom is 0.341 e. The van der Waals surface area contributed by atoms with Crippen LogP contribution in [-0.4, -0.2) is 24.7 Å². The molecule has 0 unspecified atom stereocenters. The zero-order valence-electron chi connectivity index (χ0n) is 14.0. The molecule has 0 fully saturated rings. The molecule has 1 aromatic carbocycles. The molecule has 1 heterocycles. The van der Waals surface area contributed by atoms with Gasteiger partial charge in [0, 0.05) is 16.2 Å². The fourth-order valence-electron chi connectivity index (χ4n) is 2.19. The first kappa shape index (κ1) is 18.5. The van der Waals surface area contributed by atoms with Gasteiger partial charge in [-0.2, -0.15) is 0 Å². The van der Waals surface area contributed by atoms with Crippen LogP contribution >= 0.6 is 23.1 Å². The Morgan fingerprint density at radius 2 is 1.92 bits per heavy atom. The van der Waals surface area contributed by atoms with Gasteiger partial charge in [0.25, 0.3) is 0 Å². The number of esters is 1. The van der Waals surface area contributed by atoms with Crippen molar-refractivity contribution in [3.05, 3.63) is 46.3 Å². The van der Waals surface area contributed by atoms with Crippen molar-refractivity contribution in [2.24, 2.45) is 0 Å². The van der Waals surface area contributed by atoms with E-state index in [1.165, 1.54) is 23.3 Å². The quantitative estimate of drug-likeness (QED) is 0.441. The summed E-state index contributed by atoms with van der Waals surface area (Å²) in [5, 5.41) is 3.44. The van der Waals surface area contributed by atoms with E-state index in [2.05, 4.69) is 17.4 Å². The fraction of sp³-hybridized carbons (Fsp3) is 0.333. The molecule has 0 aliphatic heterocycles. The van der Waals surface area contributed by atoms with Crippen LogP contribution in [0.3, 0.4) is 0 Å². The van der Waals surface area contributed by atoms with Gasteiger partial charge in [0.05, 0.1) is 12.7 Å². The van der Waals surface area contributed by atoms with E-state index in [0.717, 1.165) is 22.6 Å². The van der Waals surface area contributed by atoms with Crippen molar-refractivity contribution in [3.63, 3.8) is 0 Å². The highest BCUT2D eigenvalue weighted by Gasteiger charge is 2.21. The number of carbonyl (C=O) groups excluding carboxylic acids is 2. The summed E-state index contributed by atoms with van der Waals surface area (Å²) >= 11 is 3.15. The summed E-state index contributed by atoms with van der Waals surface area (Å²) in [6.45, 7) is 3.79. The van der Waals surface area contributed by atoms with Crippen molar-refractivity contribution in [1.82, 2.24) is 0 Å². The number of amides is 1. The Morgan fingerprint density at radius 1 is 1.21 bits per heavy atom. The number of methoxy groups -OCH3 is 1. The molecule has 0 aliphatic rings. The topological polar surface area (TPSA) is 55.4 Å². The molecule has 1 amide bonds. The molecule has 0 aliphatic carbocycles. The van der Waals surface area contributed by atoms with Gasteiger partial charge >= 0.3 is 5.97 Å². The van der Waals surface area contributed by atoms with Gasteiger partial charge in [0.15, 0.2) is 0 Å². The highest BCUT2D eigenvalue weighted by molar-refractivity contribution is 7.99. The lowest BCUT2D eigenvalue weighted by Gasteiger charge is -2.06. The first-order valence-electron chi connectivity index (χ1n) is 7.69. The number of thiophene rings is 1. The predicted octanol–water partition coefficient (Wildman–Crippen LogP) is 4.66. The van der Waals surface area contributed by atoms with Crippen LogP contribution in [0.1, 0.15) is 33.6 Å². The number of rotatable bonds is 7. The number of anilines is 1. The Bertz CT molecular complexity index is 711. The largest absolute Gasteiger partial charge is 0.465 e. The monoisotopic (exact) mass is 363 g/mol. The van der Waals surface area contributed by atoms with Crippen molar-refractivity contribution in [2.75, 3.05) is 18.2 Å². The first-order valence-corrected chi connectivity index (χ1v) is 9.49. The van der Waals surface area contributed by atoms with Crippen LogP contribution in [0.2, 0.25) is 0 Å². The van der Waals surface area contributed by atoms with E-state index >= 15 is 0 Å². The van der Waals surface area contributed by atoms with Gasteiger partial charge in [-0.05, 0) is 43.7 Å². The van der Waals surface area contributed by atoms with Gasteiger partial charge in [-0.25, -0.2) is 4.79 Å². The van der Waals surface area contributed by atoms with Crippen molar-refractivity contribution >= 4 is 40.0 Å². The van der Waals surface area contributed by atoms with Crippen LogP contribution in [0.5, 0.6) is 0 Å². The Balaban J connectivity index is 1.86. The SMILES string of the molecule is COC(=O)c1c(NC(=O)CCCSc2ccccc2)sc(C)c1C. The minimum atomic E-state index is -0.410. The maximum absolute atomic E-state index is 12.1. The maximum atomic E-state index is 12.1. The van der Waals surface area contributed by atoms with Gasteiger partial charge in [0.2, 0.25) is 5.91 Å². The van der Waals surface area contributed by atoms with E-state index in [0.29, 0.717) is 17.0 Å². The molecule has 128 valence electrons. The number of thioether (sulfide) groups is 1. The van der Waals surface area contributed by atoms with Crippen LogP contribution < -0.4 is 5.32 Å². The Hall–Kier alpha value is -1.79. The molecule has 0 atom stereocenters. The second-order valence-electron chi connectivity index (χ2n) is 5.29. The first-order chi connectivity index (χ1) is 11.5. The smallest absolute Gasteiger partial charge is 0.341 e. The molecule has 0 radical (unpaired) electrons. The molecule has 0 bridgehead atoms. The zero-order chi connectivity index (χ0) is 17.5. The Kier molecular flexibility index (Phi) is 6.87. The molecule has 6 heteroatoms. The number of hydrogen-bond donors (Lipinski definition) is 1. The third-order valence-corrected chi connectivity index (χ3v) is 5.81. The van der Waals surface area contributed by atoms with E-state index in [1.54, 1.807) is 11.8 Å². The molecule has 1 N–H and O–H groups in total. The van der Waals surface area contributed by atoms with Crippen LogP contribution in [0, 0.1) is 13.8 Å². The van der Waals surface area contributed by atoms with Gasteiger partial charge in [-0.15, -0.1) is 23.1 Å². The molecule has 1 aromatic heterocycles. The lowest BCUT2D eigenvalue weighted by atomic mass is 10.1. The fourth-order valence-corrected chi connectivity index (χ4v) is 4.13. The number of aryl methyl sites for hydroxylation is 1. The molecule has 2 rings (SSSR count). The lowest BCUT2D eigenvalue weighted by molar-refractivity contribution is -0.116. The van der Waals surface area contributed by atoms with Gasteiger partial charge < -0.3 is 10.1 Å². The Labute approximate surface area is 150 Å². The molecule has 0 saturated carbocycles. The van der Waals surface area contributed by atoms with Gasteiger partial charge in [0.1, 0.15) is 5.00 Å². The van der Waals surface area contributed by atoms with E-state index in [4.69, 9.17) is 4.74 Å². The number of ether oxygens (including phenoxy) is 1. The molecule has 2 aromatic rings. The van der Waals surface area contributed by atoms with E-state index in [-0.39, 0.29) is 5.91 Å². The highest BCUT2D eigenvalue weighted by Crippen LogP contribution is 2.33. The number of benzene rings is 1. The summed E-state index contributed by atoms with van der Waals surface area (Å²) in [6.07, 6.45) is 1.21. The van der Waals surface area contributed by atoms with E-state index in [1.807, 2.05) is 32.0 Å². The predicted molar refractivity (Wildman–Crippen MR) is 100 cm³/mol. The van der Waals surface area contributed by atoms with E-state index in [9.17, 15) is 9.59 Å². The van der Waals surface area contributed by atoms with Crippen LogP contribution in [-0.2, 0) is 9.53 Å². The second kappa shape index (κ2) is 8.89. The number of nitrogens with one attached hydrogen (secondary N) is 1. The standard InChI is InChI=1S/C18H21NO3S2/c1-12-13(2)24-17(16(12)18(21)22-3)19-15(20)10-7-11-23-14-8-5-4-6-9-14/h4-6,8-9H,7,10-11H2,1-3H3,(H,19,20). The van der Waals surface area contributed by atoms with Crippen molar-refractivity contribution in [3.8, 4) is 0 Å². The van der Waals surface area contributed by atoms with Crippen molar-refractivity contribution in [1.29, 1.82) is 0 Å². The molecular weight excluding hydrogens is 342 g/mol. The Morgan fingerprint density at radius 3 is 2.58 bits per heavy atom. The minimum absolute atomic E-state index is 0.0740. The third kappa shape index (κ3) is 4.85. The van der Waals surface area contributed by atoms with Gasteiger partial charge in [-0.3, -0.25) is 4.79 Å². The minimum Gasteiger partial charge on any atom is -0.465 e. The molecule has 24 heavy (non-hydrogen) atoms. The highest BCUT2D eigenvalue weighted by atomic mass is 32.2. The van der Waals surface area contributed by atoms with Crippen LogP contribution in [0.15, 0.2) is 35.2 Å². The molecule has 0 saturated heterocycles. The van der Waals surface area contributed by atoms with E-state index < -0.39 is 5.97 Å². The summed E-state index contributed by atoms with van der Waals surface area (Å²) in [5.74, 6) is 0.394. The molecular formula is C18H21NO3S2. The van der Waals surface area contributed by atoms with Crippen molar-refractivity contribution in [2.45, 2.75) is 31.6 Å². The normalized spacial score (nSPS) is 10.5. The molecule has 0 spiro atoms. The average molecular weight is 364 g/mol. The summed E-state index contributed by atoms with van der Waals surface area (Å²) in [5.41, 5.74) is 1.33. The van der Waals surface area contributed by atoms with Crippen LogP contribution in [0.4, 0.5) is 5.00 Å². The summed E-state index contributed by atoms with van der Waals surface area (Å²) in [4.78, 5) is 26.2. The van der Waals surface area contributed by atoms with Gasteiger partial charge in [-0.1, -0.05) is 18.2 Å².